The molecule has 0 saturated heterocycles. The van der Waals surface area contributed by atoms with Gasteiger partial charge in [-0.05, 0) is 49.7 Å². The lowest BCUT2D eigenvalue weighted by Crippen LogP contribution is -2.29. The van der Waals surface area contributed by atoms with E-state index >= 15 is 0 Å². The summed E-state index contributed by atoms with van der Waals surface area (Å²) in [6.45, 7) is 7.62. The Balaban J connectivity index is 2.72. The van der Waals surface area contributed by atoms with Gasteiger partial charge in [0.05, 0.1) is 16.3 Å². The van der Waals surface area contributed by atoms with E-state index in [1.807, 2.05) is 33.8 Å². The quantitative estimate of drug-likeness (QED) is 0.433. The van der Waals surface area contributed by atoms with Crippen LogP contribution in [0.4, 0.5) is 0 Å². The molecule has 0 fully saturated rings. The predicted octanol–water partition coefficient (Wildman–Crippen LogP) is 3.87. The number of hydrogen-bond acceptors (Lipinski definition) is 3. The maximum Gasteiger partial charge on any atom is 0.144 e. The Morgan fingerprint density at radius 1 is 1.62 bits per heavy atom. The Kier molecular flexibility index (Phi) is 5.26. The summed E-state index contributed by atoms with van der Waals surface area (Å²) in [6.07, 6.45) is 1.94. The maximum atomic E-state index is 11.9. The summed E-state index contributed by atoms with van der Waals surface area (Å²) < 4.78 is 16.8. The molecule has 1 heterocycles. The van der Waals surface area contributed by atoms with Crippen molar-refractivity contribution < 1.29 is 4.55 Å². The first-order valence-corrected chi connectivity index (χ1v) is 8.08. The molecule has 1 aliphatic rings. The molecule has 3 atom stereocenters. The summed E-state index contributed by atoms with van der Waals surface area (Å²) in [7, 11) is 0. The highest BCUT2D eigenvalue weighted by Crippen LogP contribution is 2.40. The minimum Gasteiger partial charge on any atom is -0.591 e. The molecule has 3 unspecified atom stereocenters. The zero-order valence-corrected chi connectivity index (χ0v) is 13.6. The monoisotopic (exact) mass is 343 g/mol. The van der Waals surface area contributed by atoms with Crippen LogP contribution in [0.2, 0.25) is 0 Å². The van der Waals surface area contributed by atoms with E-state index < -0.39 is 11.4 Å². The van der Waals surface area contributed by atoms with Gasteiger partial charge in [-0.25, -0.2) is 0 Å². The Morgan fingerprint density at radius 2 is 2.19 bits per heavy atom. The van der Waals surface area contributed by atoms with Crippen LogP contribution in [-0.2, 0) is 11.4 Å². The number of nitrogens with zero attached hydrogens (tertiary/aromatic N) is 1. The molecule has 0 amide bonds. The lowest BCUT2D eigenvalue weighted by Gasteiger charge is -2.20. The van der Waals surface area contributed by atoms with E-state index in [1.54, 1.807) is 11.8 Å². The van der Waals surface area contributed by atoms with Crippen LogP contribution >= 0.6 is 39.3 Å². The smallest absolute Gasteiger partial charge is 0.144 e. The van der Waals surface area contributed by atoms with E-state index in [2.05, 4.69) is 20.3 Å². The average molecular weight is 345 g/mol. The van der Waals surface area contributed by atoms with Gasteiger partial charge in [-0.3, -0.25) is 0 Å². The fraction of sp³-hybridized carbons (Fsp3) is 0.700. The Morgan fingerprint density at radius 3 is 2.56 bits per heavy atom. The van der Waals surface area contributed by atoms with Gasteiger partial charge in [0, 0.05) is 3.81 Å². The highest BCUT2D eigenvalue weighted by atomic mass is 79.9. The van der Waals surface area contributed by atoms with Gasteiger partial charge in [0.2, 0.25) is 0 Å². The molecule has 0 N–H and O–H groups in total. The van der Waals surface area contributed by atoms with Crippen molar-refractivity contribution in [3.8, 4) is 0 Å². The molecule has 0 aliphatic carbocycles. The first-order chi connectivity index (χ1) is 7.21. The summed E-state index contributed by atoms with van der Waals surface area (Å²) in [5, 5.41) is 0.00225. The number of alkyl halides is 1. The predicted molar refractivity (Wildman–Crippen MR) is 79.0 cm³/mol. The molecule has 92 valence electrons. The van der Waals surface area contributed by atoms with Crippen molar-refractivity contribution in [3.05, 3.63) is 9.89 Å². The van der Waals surface area contributed by atoms with Crippen molar-refractivity contribution >= 4 is 56.4 Å². The third-order valence-corrected chi connectivity index (χ3v) is 6.09. The SMILES string of the molecule is CC(=N[S+]([O-])C(C)(C)C)C1SC(Br)=CC1Cl. The molecule has 2 nitrogen and oxygen atoms in total. The Bertz CT molecular complexity index is 327. The summed E-state index contributed by atoms with van der Waals surface area (Å²) in [5.41, 5.74) is 0.837. The van der Waals surface area contributed by atoms with Gasteiger partial charge in [-0.15, -0.1) is 23.4 Å². The Labute approximate surface area is 118 Å². The van der Waals surface area contributed by atoms with Gasteiger partial charge in [-0.2, -0.15) is 0 Å². The van der Waals surface area contributed by atoms with Crippen molar-refractivity contribution in [2.45, 2.75) is 43.1 Å². The number of hydrogen-bond donors (Lipinski definition) is 0. The number of rotatable bonds is 2. The zero-order valence-electron chi connectivity index (χ0n) is 9.66. The number of allylic oxidation sites excluding steroid dienone is 1. The van der Waals surface area contributed by atoms with Crippen molar-refractivity contribution in [2.75, 3.05) is 0 Å². The van der Waals surface area contributed by atoms with Crippen LogP contribution in [0.15, 0.2) is 14.3 Å². The third-order valence-electron chi connectivity index (χ3n) is 1.98. The molecule has 0 radical (unpaired) electrons. The van der Waals surface area contributed by atoms with Crippen LogP contribution in [0, 0.1) is 0 Å². The van der Waals surface area contributed by atoms with Crippen molar-refractivity contribution in [2.24, 2.45) is 4.40 Å². The Hall–Kier alpha value is 0.840. The summed E-state index contributed by atoms with van der Waals surface area (Å²) in [6, 6.07) is 0. The third kappa shape index (κ3) is 3.95. The van der Waals surface area contributed by atoms with Crippen LogP contribution in [0.3, 0.4) is 0 Å². The van der Waals surface area contributed by atoms with E-state index in [0.717, 1.165) is 9.53 Å². The fourth-order valence-corrected chi connectivity index (χ4v) is 4.27. The van der Waals surface area contributed by atoms with Crippen LogP contribution < -0.4 is 0 Å². The zero-order chi connectivity index (χ0) is 12.5. The fourth-order valence-electron chi connectivity index (χ4n) is 1.07. The summed E-state index contributed by atoms with van der Waals surface area (Å²) in [4.78, 5) is 0. The molecule has 0 aromatic carbocycles. The molecule has 16 heavy (non-hydrogen) atoms. The van der Waals surface area contributed by atoms with Gasteiger partial charge < -0.3 is 4.55 Å². The molecule has 0 aromatic rings. The van der Waals surface area contributed by atoms with E-state index in [9.17, 15) is 4.55 Å². The van der Waals surface area contributed by atoms with Gasteiger partial charge >= 0.3 is 0 Å². The van der Waals surface area contributed by atoms with Crippen molar-refractivity contribution in [1.29, 1.82) is 0 Å². The second-order valence-corrected chi connectivity index (χ2v) is 9.52. The molecule has 0 bridgehead atoms. The van der Waals surface area contributed by atoms with Gasteiger partial charge in [0.15, 0.2) is 0 Å². The van der Waals surface area contributed by atoms with Gasteiger partial charge in [0.1, 0.15) is 16.1 Å². The molecular formula is C10H15BrClNOS2. The van der Waals surface area contributed by atoms with Crippen molar-refractivity contribution in [3.63, 3.8) is 0 Å². The molecular weight excluding hydrogens is 330 g/mol. The summed E-state index contributed by atoms with van der Waals surface area (Å²) >= 11 is 9.96. The van der Waals surface area contributed by atoms with E-state index in [0.29, 0.717) is 0 Å². The maximum absolute atomic E-state index is 11.9. The van der Waals surface area contributed by atoms with E-state index in [1.165, 1.54) is 0 Å². The highest BCUT2D eigenvalue weighted by molar-refractivity contribution is 9.14. The van der Waals surface area contributed by atoms with Crippen LogP contribution in [-0.4, -0.2) is 25.6 Å². The minimum absolute atomic E-state index is 0.0832. The lowest BCUT2D eigenvalue weighted by molar-refractivity contribution is 0.561. The molecule has 1 aliphatic heterocycles. The molecule has 6 heteroatoms. The summed E-state index contributed by atoms with van der Waals surface area (Å²) in [5.74, 6) is 0. The normalized spacial score (nSPS) is 29.2. The largest absolute Gasteiger partial charge is 0.591 e. The lowest BCUT2D eigenvalue weighted by atomic mass is 10.2. The number of thioether (sulfide) groups is 1. The minimum atomic E-state index is -1.21. The average Bonchev–Trinajstić information content (AvgIpc) is 2.43. The molecule has 0 saturated carbocycles. The molecule has 1 rings (SSSR count). The number of halogens is 2. The molecule has 0 spiro atoms. The molecule has 0 aromatic heterocycles. The second kappa shape index (κ2) is 5.65. The highest BCUT2D eigenvalue weighted by Gasteiger charge is 2.32. The first kappa shape index (κ1) is 14.9. The topological polar surface area (TPSA) is 35.4 Å². The van der Waals surface area contributed by atoms with Gasteiger partial charge in [0.25, 0.3) is 0 Å². The van der Waals surface area contributed by atoms with Crippen LogP contribution in [0.5, 0.6) is 0 Å². The van der Waals surface area contributed by atoms with Crippen LogP contribution in [0.1, 0.15) is 27.7 Å². The van der Waals surface area contributed by atoms with E-state index in [4.69, 9.17) is 11.6 Å². The second-order valence-electron chi connectivity index (χ2n) is 4.55. The standard InChI is InChI=1S/C10H15BrClNOS2/c1-6(13-16(14)10(2,3)4)9-7(12)5-8(11)15-9/h5,7,9H,1-4H3. The van der Waals surface area contributed by atoms with Crippen LogP contribution in [0.25, 0.3) is 0 Å². The van der Waals surface area contributed by atoms with E-state index in [-0.39, 0.29) is 15.4 Å². The van der Waals surface area contributed by atoms with Gasteiger partial charge in [-0.1, -0.05) is 4.40 Å². The van der Waals surface area contributed by atoms with Crippen molar-refractivity contribution in [1.82, 2.24) is 0 Å². The first-order valence-electron chi connectivity index (χ1n) is 4.87.